The van der Waals surface area contributed by atoms with Gasteiger partial charge in [-0.2, -0.15) is 5.10 Å². The summed E-state index contributed by atoms with van der Waals surface area (Å²) in [6.07, 6.45) is 9.12. The number of amides is 1. The van der Waals surface area contributed by atoms with Gasteiger partial charge in [0.25, 0.3) is 5.91 Å². The number of nitrogens with two attached hydrogens (primary N) is 1. The molecular weight excluding hydrogens is 476 g/mol. The number of nitrogen functional groups attached to an aromatic ring is 1. The zero-order valence-corrected chi connectivity index (χ0v) is 22.5. The van der Waals surface area contributed by atoms with Crippen LogP contribution in [0.25, 0.3) is 11.4 Å². The molecule has 0 saturated carbocycles. The van der Waals surface area contributed by atoms with Gasteiger partial charge in [-0.25, -0.2) is 9.97 Å². The summed E-state index contributed by atoms with van der Waals surface area (Å²) in [4.78, 5) is 27.2. The van der Waals surface area contributed by atoms with Crippen molar-refractivity contribution in [2.45, 2.75) is 70.4 Å². The van der Waals surface area contributed by atoms with Gasteiger partial charge in [0.05, 0.1) is 5.69 Å². The maximum absolute atomic E-state index is 13.3. The van der Waals surface area contributed by atoms with Gasteiger partial charge >= 0.3 is 0 Å². The quantitative estimate of drug-likeness (QED) is 0.471. The molecule has 1 aliphatic carbocycles. The Kier molecular flexibility index (Phi) is 6.65. The molecule has 1 aromatic carbocycles. The lowest BCUT2D eigenvalue weighted by molar-refractivity contribution is 0.0896. The molecule has 2 aromatic heterocycles. The number of anilines is 2. The standard InChI is InChI=1S/C29H38N8O/c1-29(2)16-20-17-31-28(30)33-24(20)25-23(29)26(35-34-25)27(38)32-21-8-6-19(7-9-21)18-36-14-10-22(11-15-36)37-12-4-3-5-13-37/h6-9,17,22H,3-5,10-16,18H2,1-2H3,(H,32,38)(H,34,35)(H2,30,31,33). The van der Waals surface area contributed by atoms with Crippen LogP contribution < -0.4 is 11.1 Å². The number of H-pyrrole nitrogens is 1. The minimum Gasteiger partial charge on any atom is -0.368 e. The van der Waals surface area contributed by atoms with Gasteiger partial charge in [0.15, 0.2) is 0 Å². The molecule has 2 fully saturated rings. The van der Waals surface area contributed by atoms with E-state index in [2.05, 4.69) is 61.3 Å². The number of aromatic amines is 1. The number of carbonyl (C=O) groups is 1. The number of hydrogen-bond acceptors (Lipinski definition) is 7. The highest BCUT2D eigenvalue weighted by Gasteiger charge is 2.38. The van der Waals surface area contributed by atoms with Crippen molar-refractivity contribution < 1.29 is 4.79 Å². The first-order valence-electron chi connectivity index (χ1n) is 13.9. The van der Waals surface area contributed by atoms with Gasteiger partial charge < -0.3 is 16.0 Å². The zero-order valence-electron chi connectivity index (χ0n) is 22.5. The summed E-state index contributed by atoms with van der Waals surface area (Å²) in [5, 5.41) is 10.5. The molecule has 3 aromatic rings. The second-order valence-electron chi connectivity index (χ2n) is 11.7. The third-order valence-corrected chi connectivity index (χ3v) is 8.49. The van der Waals surface area contributed by atoms with Crippen molar-refractivity contribution in [2.24, 2.45) is 0 Å². The number of carbonyl (C=O) groups excluding carboxylic acids is 1. The van der Waals surface area contributed by atoms with E-state index in [4.69, 9.17) is 5.73 Å². The predicted molar refractivity (Wildman–Crippen MR) is 149 cm³/mol. The van der Waals surface area contributed by atoms with Crippen molar-refractivity contribution >= 4 is 17.5 Å². The van der Waals surface area contributed by atoms with Crippen LogP contribution in [0.4, 0.5) is 11.6 Å². The fraction of sp³-hybridized carbons (Fsp3) is 0.517. The highest BCUT2D eigenvalue weighted by molar-refractivity contribution is 6.05. The Hall–Kier alpha value is -3.30. The third-order valence-electron chi connectivity index (χ3n) is 8.49. The smallest absolute Gasteiger partial charge is 0.273 e. The summed E-state index contributed by atoms with van der Waals surface area (Å²) in [6.45, 7) is 10.1. The van der Waals surface area contributed by atoms with Crippen molar-refractivity contribution in [3.8, 4) is 11.4 Å². The lowest BCUT2D eigenvalue weighted by Gasteiger charge is -2.40. The zero-order chi connectivity index (χ0) is 26.3. The molecule has 0 atom stereocenters. The lowest BCUT2D eigenvalue weighted by atomic mass is 9.73. The molecule has 0 spiro atoms. The summed E-state index contributed by atoms with van der Waals surface area (Å²) >= 11 is 0. The molecule has 38 heavy (non-hydrogen) atoms. The molecular formula is C29H38N8O. The molecule has 0 unspecified atom stereocenters. The van der Waals surface area contributed by atoms with Crippen molar-refractivity contribution in [2.75, 3.05) is 37.2 Å². The van der Waals surface area contributed by atoms with Crippen LogP contribution in [0.2, 0.25) is 0 Å². The third kappa shape index (κ3) is 4.92. The van der Waals surface area contributed by atoms with Gasteiger partial charge in [0.1, 0.15) is 11.4 Å². The Morgan fingerprint density at radius 2 is 1.82 bits per heavy atom. The second kappa shape index (κ2) is 10.1. The Morgan fingerprint density at radius 3 is 2.55 bits per heavy atom. The monoisotopic (exact) mass is 514 g/mol. The van der Waals surface area contributed by atoms with Crippen LogP contribution in [0.5, 0.6) is 0 Å². The van der Waals surface area contributed by atoms with E-state index < -0.39 is 0 Å². The van der Waals surface area contributed by atoms with E-state index >= 15 is 0 Å². The summed E-state index contributed by atoms with van der Waals surface area (Å²) in [5.41, 5.74) is 11.3. The van der Waals surface area contributed by atoms with E-state index in [9.17, 15) is 4.79 Å². The molecule has 9 heteroatoms. The van der Waals surface area contributed by atoms with Crippen LogP contribution in [0, 0.1) is 0 Å². The first-order chi connectivity index (χ1) is 18.4. The Balaban J connectivity index is 1.09. The minimum absolute atomic E-state index is 0.204. The highest BCUT2D eigenvalue weighted by atomic mass is 16.2. The van der Waals surface area contributed by atoms with Crippen molar-refractivity contribution in [1.82, 2.24) is 30.0 Å². The van der Waals surface area contributed by atoms with E-state index in [0.29, 0.717) is 23.5 Å². The second-order valence-corrected chi connectivity index (χ2v) is 11.7. The number of nitrogens with one attached hydrogen (secondary N) is 2. The molecule has 4 heterocycles. The number of likely N-dealkylation sites (tertiary alicyclic amines) is 2. The number of hydrogen-bond donors (Lipinski definition) is 3. The summed E-state index contributed by atoms with van der Waals surface area (Å²) in [6, 6.07) is 8.99. The van der Waals surface area contributed by atoms with Gasteiger partial charge in [-0.3, -0.25) is 14.8 Å². The number of aromatic nitrogens is 4. The molecule has 1 amide bonds. The van der Waals surface area contributed by atoms with E-state index in [1.165, 1.54) is 50.8 Å². The van der Waals surface area contributed by atoms with E-state index in [-0.39, 0.29) is 17.3 Å². The van der Waals surface area contributed by atoms with Crippen LogP contribution >= 0.6 is 0 Å². The topological polar surface area (TPSA) is 116 Å². The highest BCUT2D eigenvalue weighted by Crippen LogP contribution is 2.42. The molecule has 9 nitrogen and oxygen atoms in total. The summed E-state index contributed by atoms with van der Waals surface area (Å²) in [7, 11) is 0. The molecule has 200 valence electrons. The van der Waals surface area contributed by atoms with Crippen LogP contribution in [-0.2, 0) is 18.4 Å². The Labute approximate surface area is 224 Å². The molecule has 3 aliphatic rings. The first-order valence-corrected chi connectivity index (χ1v) is 13.9. The lowest BCUT2D eigenvalue weighted by Crippen LogP contribution is -2.46. The number of fused-ring (bicyclic) bond motifs is 3. The van der Waals surface area contributed by atoms with Gasteiger partial charge in [-0.05, 0) is 87.0 Å². The summed E-state index contributed by atoms with van der Waals surface area (Å²) in [5.74, 6) is -0.000272. The van der Waals surface area contributed by atoms with Gasteiger partial charge in [-0.15, -0.1) is 0 Å². The molecule has 2 aliphatic heterocycles. The van der Waals surface area contributed by atoms with Crippen molar-refractivity contribution in [3.63, 3.8) is 0 Å². The molecule has 0 bridgehead atoms. The average Bonchev–Trinajstić information content (AvgIpc) is 3.39. The summed E-state index contributed by atoms with van der Waals surface area (Å²) < 4.78 is 0. The van der Waals surface area contributed by atoms with E-state index in [0.717, 1.165) is 42.5 Å². The Morgan fingerprint density at radius 1 is 1.08 bits per heavy atom. The van der Waals surface area contributed by atoms with Gasteiger partial charge in [-0.1, -0.05) is 32.4 Å². The number of benzene rings is 1. The number of rotatable bonds is 5. The molecule has 2 saturated heterocycles. The number of nitrogens with zero attached hydrogens (tertiary/aromatic N) is 5. The molecule has 4 N–H and O–H groups in total. The van der Waals surface area contributed by atoms with Crippen LogP contribution in [0.15, 0.2) is 30.5 Å². The van der Waals surface area contributed by atoms with Crippen LogP contribution in [-0.4, -0.2) is 68.1 Å². The molecule has 6 rings (SSSR count). The maximum atomic E-state index is 13.3. The number of piperidine rings is 2. The fourth-order valence-electron chi connectivity index (χ4n) is 6.53. The van der Waals surface area contributed by atoms with Gasteiger partial charge in [0.2, 0.25) is 5.95 Å². The van der Waals surface area contributed by atoms with Crippen molar-refractivity contribution in [1.29, 1.82) is 0 Å². The van der Waals surface area contributed by atoms with Gasteiger partial charge in [0, 0.05) is 30.0 Å². The van der Waals surface area contributed by atoms with E-state index in [1.54, 1.807) is 6.20 Å². The SMILES string of the molecule is CC1(C)Cc2cnc(N)nc2-c2n[nH]c(C(=O)Nc3ccc(CN4CCC(N5CCCCC5)CC4)cc3)c21. The van der Waals surface area contributed by atoms with Crippen LogP contribution in [0.1, 0.15) is 73.1 Å². The normalized spacial score (nSPS) is 20.1. The molecule has 0 radical (unpaired) electrons. The van der Waals surface area contributed by atoms with E-state index in [1.807, 2.05) is 12.1 Å². The average molecular weight is 515 g/mol. The van der Waals surface area contributed by atoms with Crippen molar-refractivity contribution in [3.05, 3.63) is 52.8 Å². The Bertz CT molecular complexity index is 1300. The largest absolute Gasteiger partial charge is 0.368 e. The maximum Gasteiger partial charge on any atom is 0.273 e. The predicted octanol–water partition coefficient (Wildman–Crippen LogP) is 3.99. The van der Waals surface area contributed by atoms with Crippen LogP contribution in [0.3, 0.4) is 0 Å². The fourth-order valence-corrected chi connectivity index (χ4v) is 6.53. The first kappa shape index (κ1) is 25.0. The minimum atomic E-state index is -0.299.